The summed E-state index contributed by atoms with van der Waals surface area (Å²) in [5.41, 5.74) is 3.21. The van der Waals surface area contributed by atoms with Gasteiger partial charge < -0.3 is 14.7 Å². The summed E-state index contributed by atoms with van der Waals surface area (Å²) < 4.78 is 18.7. The molecule has 1 aromatic heterocycles. The lowest BCUT2D eigenvalue weighted by molar-refractivity contribution is 0.0252. The van der Waals surface area contributed by atoms with E-state index in [-0.39, 0.29) is 5.82 Å². The molecular formula is C24H33FN4O2. The van der Waals surface area contributed by atoms with E-state index >= 15 is 0 Å². The number of benzene rings is 1. The standard InChI is InChI=1S/C24H33FN4O2/c1-4-14-31-17-21(30)16-28-10-12-29(13-11-28)24-22(23(5-2)26-18(3)27-24)15-19-6-8-20(25)9-7-19/h4,6-9,21,30H,1,5,10-17H2,2-3H3. The van der Waals surface area contributed by atoms with E-state index in [4.69, 9.17) is 9.72 Å². The van der Waals surface area contributed by atoms with Crippen LogP contribution in [-0.4, -0.2) is 72.0 Å². The smallest absolute Gasteiger partial charge is 0.136 e. The van der Waals surface area contributed by atoms with Crippen LogP contribution < -0.4 is 4.90 Å². The van der Waals surface area contributed by atoms with E-state index in [9.17, 15) is 9.50 Å². The third kappa shape index (κ3) is 6.56. The number of ether oxygens (including phenoxy) is 1. The van der Waals surface area contributed by atoms with Gasteiger partial charge in [0.15, 0.2) is 0 Å². The number of halogens is 1. The van der Waals surface area contributed by atoms with Crippen LogP contribution in [0.25, 0.3) is 0 Å². The molecule has 0 bridgehead atoms. The Labute approximate surface area is 184 Å². The number of anilines is 1. The predicted molar refractivity (Wildman–Crippen MR) is 121 cm³/mol. The molecule has 2 heterocycles. The Kier molecular flexibility index (Phi) is 8.51. The maximum absolute atomic E-state index is 13.3. The first-order chi connectivity index (χ1) is 15.0. The molecule has 31 heavy (non-hydrogen) atoms. The summed E-state index contributed by atoms with van der Waals surface area (Å²) in [6, 6.07) is 6.65. The number of rotatable bonds is 10. The zero-order valence-electron chi connectivity index (χ0n) is 18.6. The zero-order chi connectivity index (χ0) is 22.2. The minimum atomic E-state index is -0.506. The van der Waals surface area contributed by atoms with Crippen LogP contribution in [0.3, 0.4) is 0 Å². The molecular weight excluding hydrogens is 395 g/mol. The molecule has 1 fully saturated rings. The van der Waals surface area contributed by atoms with Gasteiger partial charge in [-0.3, -0.25) is 4.90 Å². The third-order valence-electron chi connectivity index (χ3n) is 5.50. The Hall–Kier alpha value is -2.35. The molecule has 0 radical (unpaired) electrons. The highest BCUT2D eigenvalue weighted by molar-refractivity contribution is 5.52. The fourth-order valence-electron chi connectivity index (χ4n) is 3.96. The van der Waals surface area contributed by atoms with E-state index in [1.54, 1.807) is 6.08 Å². The van der Waals surface area contributed by atoms with Crippen LogP contribution in [0.1, 0.15) is 29.6 Å². The van der Waals surface area contributed by atoms with E-state index in [0.717, 1.165) is 61.1 Å². The van der Waals surface area contributed by atoms with Crippen LogP contribution in [0.4, 0.5) is 10.2 Å². The van der Waals surface area contributed by atoms with Gasteiger partial charge in [-0.25, -0.2) is 14.4 Å². The molecule has 3 rings (SSSR count). The van der Waals surface area contributed by atoms with Crippen LogP contribution in [-0.2, 0) is 17.6 Å². The molecule has 7 heteroatoms. The fraction of sp³-hybridized carbons (Fsp3) is 0.500. The van der Waals surface area contributed by atoms with Crippen LogP contribution in [0.2, 0.25) is 0 Å². The van der Waals surface area contributed by atoms with Gasteiger partial charge in [0.2, 0.25) is 0 Å². The predicted octanol–water partition coefficient (Wildman–Crippen LogP) is 2.76. The lowest BCUT2D eigenvalue weighted by Gasteiger charge is -2.37. The zero-order valence-corrected chi connectivity index (χ0v) is 18.6. The van der Waals surface area contributed by atoms with Gasteiger partial charge in [0.05, 0.1) is 19.3 Å². The number of β-amino-alcohol motifs (C(OH)–C–C–N with tert-alkyl or cyclic N) is 1. The van der Waals surface area contributed by atoms with Crippen molar-refractivity contribution in [3.8, 4) is 0 Å². The summed E-state index contributed by atoms with van der Waals surface area (Å²) in [6.07, 6.45) is 2.68. The molecule has 1 aromatic carbocycles. The largest absolute Gasteiger partial charge is 0.389 e. The number of aliphatic hydroxyl groups is 1. The number of aromatic nitrogens is 2. The molecule has 6 nitrogen and oxygen atoms in total. The quantitative estimate of drug-likeness (QED) is 0.464. The van der Waals surface area contributed by atoms with Crippen LogP contribution >= 0.6 is 0 Å². The van der Waals surface area contributed by atoms with Crippen LogP contribution in [0.5, 0.6) is 0 Å². The second kappa shape index (κ2) is 11.3. The second-order valence-electron chi connectivity index (χ2n) is 7.94. The van der Waals surface area contributed by atoms with Crippen molar-refractivity contribution >= 4 is 5.82 Å². The van der Waals surface area contributed by atoms with Crippen LogP contribution in [0.15, 0.2) is 36.9 Å². The maximum atomic E-state index is 13.3. The fourth-order valence-corrected chi connectivity index (χ4v) is 3.96. The third-order valence-corrected chi connectivity index (χ3v) is 5.50. The first-order valence-electron chi connectivity index (χ1n) is 10.9. The molecule has 0 spiro atoms. The molecule has 1 unspecified atom stereocenters. The molecule has 1 N–H and O–H groups in total. The van der Waals surface area contributed by atoms with Crippen molar-refractivity contribution in [2.75, 3.05) is 50.8 Å². The number of hydrogen-bond donors (Lipinski definition) is 1. The monoisotopic (exact) mass is 428 g/mol. The van der Waals surface area contributed by atoms with E-state index < -0.39 is 6.10 Å². The highest BCUT2D eigenvalue weighted by Gasteiger charge is 2.24. The van der Waals surface area contributed by atoms with Gasteiger partial charge >= 0.3 is 0 Å². The minimum Gasteiger partial charge on any atom is -0.389 e. The lowest BCUT2D eigenvalue weighted by atomic mass is 10.0. The lowest BCUT2D eigenvalue weighted by Crippen LogP contribution is -2.49. The van der Waals surface area contributed by atoms with Crippen molar-refractivity contribution in [1.29, 1.82) is 0 Å². The van der Waals surface area contributed by atoms with Gasteiger partial charge in [0, 0.05) is 50.4 Å². The van der Waals surface area contributed by atoms with Crippen molar-refractivity contribution in [1.82, 2.24) is 14.9 Å². The number of aryl methyl sites for hydroxylation is 2. The maximum Gasteiger partial charge on any atom is 0.136 e. The Bertz CT molecular complexity index is 851. The van der Waals surface area contributed by atoms with Gasteiger partial charge in [0.1, 0.15) is 17.5 Å². The Morgan fingerprint density at radius 3 is 2.55 bits per heavy atom. The first kappa shape index (κ1) is 23.3. The van der Waals surface area contributed by atoms with E-state index in [1.165, 1.54) is 12.1 Å². The van der Waals surface area contributed by atoms with Gasteiger partial charge in [-0.2, -0.15) is 0 Å². The molecule has 1 aliphatic rings. The molecule has 0 amide bonds. The van der Waals surface area contributed by atoms with E-state index in [0.29, 0.717) is 26.2 Å². The highest BCUT2D eigenvalue weighted by atomic mass is 19.1. The molecule has 168 valence electrons. The Morgan fingerprint density at radius 1 is 1.19 bits per heavy atom. The van der Waals surface area contributed by atoms with Crippen molar-refractivity contribution in [2.45, 2.75) is 32.8 Å². The average molecular weight is 429 g/mol. The van der Waals surface area contributed by atoms with Crippen molar-refractivity contribution in [2.24, 2.45) is 0 Å². The topological polar surface area (TPSA) is 61.7 Å². The van der Waals surface area contributed by atoms with Crippen molar-refractivity contribution < 1.29 is 14.2 Å². The van der Waals surface area contributed by atoms with Gasteiger partial charge in [0.25, 0.3) is 0 Å². The first-order valence-corrected chi connectivity index (χ1v) is 10.9. The Morgan fingerprint density at radius 2 is 1.90 bits per heavy atom. The minimum absolute atomic E-state index is 0.229. The molecule has 1 saturated heterocycles. The highest BCUT2D eigenvalue weighted by Crippen LogP contribution is 2.26. The molecule has 0 saturated carbocycles. The van der Waals surface area contributed by atoms with E-state index in [1.807, 2.05) is 19.1 Å². The normalized spacial score (nSPS) is 15.8. The summed E-state index contributed by atoms with van der Waals surface area (Å²) in [5, 5.41) is 10.2. The van der Waals surface area contributed by atoms with Crippen molar-refractivity contribution in [3.63, 3.8) is 0 Å². The van der Waals surface area contributed by atoms with Crippen molar-refractivity contribution in [3.05, 3.63) is 65.4 Å². The molecule has 2 aromatic rings. The summed E-state index contributed by atoms with van der Waals surface area (Å²) in [4.78, 5) is 14.0. The number of hydrogen-bond acceptors (Lipinski definition) is 6. The van der Waals surface area contributed by atoms with E-state index in [2.05, 4.69) is 28.3 Å². The number of nitrogens with zero attached hydrogens (tertiary/aromatic N) is 4. The average Bonchev–Trinajstić information content (AvgIpc) is 2.77. The molecule has 0 aliphatic carbocycles. The molecule has 1 atom stereocenters. The van der Waals surface area contributed by atoms with Gasteiger partial charge in [-0.1, -0.05) is 25.1 Å². The van der Waals surface area contributed by atoms with Crippen LogP contribution in [0, 0.1) is 12.7 Å². The van der Waals surface area contributed by atoms with Gasteiger partial charge in [-0.05, 0) is 31.0 Å². The molecule has 1 aliphatic heterocycles. The summed E-state index contributed by atoms with van der Waals surface area (Å²) in [6.45, 7) is 12.4. The summed E-state index contributed by atoms with van der Waals surface area (Å²) in [5.74, 6) is 1.52. The number of aliphatic hydroxyl groups excluding tert-OH is 1. The Balaban J connectivity index is 1.70. The second-order valence-corrected chi connectivity index (χ2v) is 7.94. The summed E-state index contributed by atoms with van der Waals surface area (Å²) in [7, 11) is 0. The number of piperazine rings is 1. The SMILES string of the molecule is C=CCOCC(O)CN1CCN(c2nc(C)nc(CC)c2Cc2ccc(F)cc2)CC1. The van der Waals surface area contributed by atoms with Gasteiger partial charge in [-0.15, -0.1) is 6.58 Å². The summed E-state index contributed by atoms with van der Waals surface area (Å²) >= 11 is 0.